The van der Waals surface area contributed by atoms with Gasteiger partial charge in [0.1, 0.15) is 0 Å². The number of hydrogen-bond donors (Lipinski definition) is 1. The third kappa shape index (κ3) is 2.70. The Morgan fingerprint density at radius 2 is 1.76 bits per heavy atom. The van der Waals surface area contributed by atoms with Crippen LogP contribution in [0.15, 0.2) is 48.8 Å². The molecule has 0 radical (unpaired) electrons. The van der Waals surface area contributed by atoms with Gasteiger partial charge in [0.05, 0.1) is 11.6 Å². The quantitative estimate of drug-likeness (QED) is 0.626. The zero-order valence-electron chi connectivity index (χ0n) is 9.17. The number of hydrogen-bond acceptors (Lipinski definition) is 3. The molecule has 0 aliphatic rings. The molecule has 0 amide bonds. The minimum absolute atomic E-state index is 0.608. The second-order valence-electron chi connectivity index (χ2n) is 3.57. The third-order valence-electron chi connectivity index (χ3n) is 2.36. The number of allylic oxidation sites excluding steroid dienone is 1. The highest BCUT2D eigenvalue weighted by Crippen LogP contribution is 2.18. The lowest BCUT2D eigenvalue weighted by atomic mass is 10.0. The molecule has 2 rings (SSSR count). The minimum atomic E-state index is 0.608. The molecule has 3 nitrogen and oxygen atoms in total. The van der Waals surface area contributed by atoms with E-state index in [0.29, 0.717) is 11.3 Å². The van der Waals surface area contributed by atoms with Gasteiger partial charge in [-0.3, -0.25) is 4.98 Å². The van der Waals surface area contributed by atoms with E-state index in [1.165, 1.54) is 0 Å². The smallest absolute Gasteiger partial charge is 0.0998 e. The Balaban J connectivity index is 2.38. The first-order chi connectivity index (χ1) is 8.29. The fraction of sp³-hybridized carbons (Fsp3) is 0. The molecule has 1 heterocycles. The number of nitrogen functional groups attached to an aromatic ring is 1. The number of rotatable bonds is 2. The van der Waals surface area contributed by atoms with E-state index in [0.717, 1.165) is 11.1 Å². The van der Waals surface area contributed by atoms with Crippen LogP contribution in [-0.2, 0) is 0 Å². The lowest BCUT2D eigenvalue weighted by Crippen LogP contribution is -1.86. The van der Waals surface area contributed by atoms with Gasteiger partial charge in [0.2, 0.25) is 0 Å². The Kier molecular flexibility index (Phi) is 3.18. The standard InChI is InChI=1S/C14H11N3/c15-10-13(9-11-5-7-17-8-6-11)12-1-3-14(16)4-2-12/h1-9H,16H2/b13-9+. The van der Waals surface area contributed by atoms with Crippen molar-refractivity contribution >= 4 is 17.3 Å². The molecule has 0 spiro atoms. The molecule has 0 fully saturated rings. The van der Waals surface area contributed by atoms with Crippen LogP contribution in [0.3, 0.4) is 0 Å². The Bertz CT molecular complexity index is 563. The summed E-state index contributed by atoms with van der Waals surface area (Å²) in [5.74, 6) is 0. The van der Waals surface area contributed by atoms with Crippen LogP contribution in [0.5, 0.6) is 0 Å². The zero-order valence-corrected chi connectivity index (χ0v) is 9.17. The Hall–Kier alpha value is -2.60. The summed E-state index contributed by atoms with van der Waals surface area (Å²) in [7, 11) is 0. The lowest BCUT2D eigenvalue weighted by molar-refractivity contribution is 1.32. The van der Waals surface area contributed by atoms with Gasteiger partial charge in [0, 0.05) is 18.1 Å². The maximum atomic E-state index is 9.14. The van der Waals surface area contributed by atoms with Gasteiger partial charge in [-0.05, 0) is 41.5 Å². The molecule has 17 heavy (non-hydrogen) atoms. The number of aromatic nitrogens is 1. The summed E-state index contributed by atoms with van der Waals surface area (Å²) in [6.07, 6.45) is 5.22. The van der Waals surface area contributed by atoms with Crippen LogP contribution in [0.1, 0.15) is 11.1 Å². The largest absolute Gasteiger partial charge is 0.399 e. The van der Waals surface area contributed by atoms with Crippen molar-refractivity contribution in [2.45, 2.75) is 0 Å². The molecule has 1 aromatic heterocycles. The molecular weight excluding hydrogens is 210 g/mol. The van der Waals surface area contributed by atoms with Crippen molar-refractivity contribution in [1.29, 1.82) is 5.26 Å². The van der Waals surface area contributed by atoms with Crippen molar-refractivity contribution in [3.8, 4) is 6.07 Å². The number of nitrogens with two attached hydrogens (primary N) is 1. The average Bonchev–Trinajstić information content (AvgIpc) is 2.38. The van der Waals surface area contributed by atoms with Crippen molar-refractivity contribution in [1.82, 2.24) is 4.98 Å². The topological polar surface area (TPSA) is 62.7 Å². The maximum absolute atomic E-state index is 9.14. The van der Waals surface area contributed by atoms with Crippen molar-refractivity contribution in [2.75, 3.05) is 5.73 Å². The fourth-order valence-electron chi connectivity index (χ4n) is 1.47. The van der Waals surface area contributed by atoms with Gasteiger partial charge in [-0.2, -0.15) is 5.26 Å². The van der Waals surface area contributed by atoms with Gasteiger partial charge in [0.15, 0.2) is 0 Å². The second-order valence-corrected chi connectivity index (χ2v) is 3.57. The molecule has 0 unspecified atom stereocenters. The van der Waals surface area contributed by atoms with E-state index in [9.17, 15) is 0 Å². The van der Waals surface area contributed by atoms with Crippen LogP contribution < -0.4 is 5.73 Å². The Labute approximate surface area is 99.8 Å². The summed E-state index contributed by atoms with van der Waals surface area (Å²) < 4.78 is 0. The maximum Gasteiger partial charge on any atom is 0.0998 e. The molecule has 0 saturated carbocycles. The molecule has 0 bridgehead atoms. The lowest BCUT2D eigenvalue weighted by Gasteiger charge is -2.00. The van der Waals surface area contributed by atoms with E-state index >= 15 is 0 Å². The highest BCUT2D eigenvalue weighted by atomic mass is 14.6. The first kappa shape index (κ1) is 10.9. The molecule has 0 aliphatic carbocycles. The average molecular weight is 221 g/mol. The predicted molar refractivity (Wildman–Crippen MR) is 68.6 cm³/mol. The number of anilines is 1. The van der Waals surface area contributed by atoms with Crippen LogP contribution in [0.4, 0.5) is 5.69 Å². The summed E-state index contributed by atoms with van der Waals surface area (Å²) in [5.41, 5.74) is 8.72. The van der Waals surface area contributed by atoms with Crippen LogP contribution >= 0.6 is 0 Å². The summed E-state index contributed by atoms with van der Waals surface area (Å²) in [6, 6.07) is 13.1. The normalized spacial score (nSPS) is 10.9. The van der Waals surface area contributed by atoms with Crippen molar-refractivity contribution < 1.29 is 0 Å². The number of benzene rings is 1. The van der Waals surface area contributed by atoms with Crippen LogP contribution in [0.25, 0.3) is 11.6 Å². The summed E-state index contributed by atoms with van der Waals surface area (Å²) in [6.45, 7) is 0. The molecule has 0 aliphatic heterocycles. The van der Waals surface area contributed by atoms with Gasteiger partial charge >= 0.3 is 0 Å². The van der Waals surface area contributed by atoms with E-state index in [-0.39, 0.29) is 0 Å². The van der Waals surface area contributed by atoms with Gasteiger partial charge < -0.3 is 5.73 Å². The molecule has 82 valence electrons. The van der Waals surface area contributed by atoms with E-state index in [1.54, 1.807) is 24.5 Å². The summed E-state index contributed by atoms with van der Waals surface area (Å²) >= 11 is 0. The molecule has 2 aromatic rings. The molecular formula is C14H11N3. The first-order valence-electron chi connectivity index (χ1n) is 5.17. The predicted octanol–water partition coefficient (Wildman–Crippen LogP) is 2.73. The summed E-state index contributed by atoms with van der Waals surface area (Å²) in [5, 5.41) is 9.14. The number of nitrogens with zero attached hydrogens (tertiary/aromatic N) is 2. The Morgan fingerprint density at radius 3 is 2.35 bits per heavy atom. The number of nitriles is 1. The van der Waals surface area contributed by atoms with Crippen LogP contribution in [-0.4, -0.2) is 4.98 Å². The van der Waals surface area contributed by atoms with Gasteiger partial charge in [0.25, 0.3) is 0 Å². The minimum Gasteiger partial charge on any atom is -0.399 e. The van der Waals surface area contributed by atoms with Gasteiger partial charge in [-0.25, -0.2) is 0 Å². The van der Waals surface area contributed by atoms with Crippen molar-refractivity contribution in [2.24, 2.45) is 0 Å². The highest BCUT2D eigenvalue weighted by molar-refractivity contribution is 5.89. The van der Waals surface area contributed by atoms with E-state index in [4.69, 9.17) is 11.0 Å². The molecule has 0 atom stereocenters. The van der Waals surface area contributed by atoms with E-state index in [1.807, 2.05) is 30.3 Å². The van der Waals surface area contributed by atoms with Gasteiger partial charge in [-0.1, -0.05) is 12.1 Å². The highest BCUT2D eigenvalue weighted by Gasteiger charge is 2.00. The third-order valence-corrected chi connectivity index (χ3v) is 2.36. The Morgan fingerprint density at radius 1 is 1.12 bits per heavy atom. The molecule has 0 saturated heterocycles. The van der Waals surface area contributed by atoms with E-state index in [2.05, 4.69) is 11.1 Å². The molecule has 2 N–H and O–H groups in total. The second kappa shape index (κ2) is 4.95. The molecule has 3 heteroatoms. The monoisotopic (exact) mass is 221 g/mol. The molecule has 1 aromatic carbocycles. The van der Waals surface area contributed by atoms with E-state index < -0.39 is 0 Å². The van der Waals surface area contributed by atoms with Crippen LogP contribution in [0, 0.1) is 11.3 Å². The van der Waals surface area contributed by atoms with Gasteiger partial charge in [-0.15, -0.1) is 0 Å². The zero-order chi connectivity index (χ0) is 12.1. The fourth-order valence-corrected chi connectivity index (χ4v) is 1.47. The number of pyridine rings is 1. The summed E-state index contributed by atoms with van der Waals surface area (Å²) in [4.78, 5) is 3.93. The SMILES string of the molecule is N#C/C(=C\c1ccncc1)c1ccc(N)cc1. The van der Waals surface area contributed by atoms with Crippen molar-refractivity contribution in [3.63, 3.8) is 0 Å². The van der Waals surface area contributed by atoms with Crippen molar-refractivity contribution in [3.05, 3.63) is 59.9 Å². The first-order valence-corrected chi connectivity index (χ1v) is 5.17. The van der Waals surface area contributed by atoms with Crippen LogP contribution in [0.2, 0.25) is 0 Å².